The number of aliphatic hydroxyl groups is 1. The Labute approximate surface area is 202 Å². The van der Waals surface area contributed by atoms with E-state index in [1.807, 2.05) is 0 Å². The molecule has 1 aliphatic rings. The van der Waals surface area contributed by atoms with Gasteiger partial charge in [-0.1, -0.05) is 29.1 Å². The fourth-order valence-electron chi connectivity index (χ4n) is 4.06. The molecule has 0 spiro atoms. The highest BCUT2D eigenvalue weighted by molar-refractivity contribution is 7.15. The van der Waals surface area contributed by atoms with Gasteiger partial charge in [-0.3, -0.25) is 4.79 Å². The first-order chi connectivity index (χ1) is 16.6. The third-order valence-electron chi connectivity index (χ3n) is 5.66. The normalized spacial score (nSPS) is 19.1. The van der Waals surface area contributed by atoms with E-state index in [-0.39, 0.29) is 24.2 Å². The fourth-order valence-corrected chi connectivity index (χ4v) is 5.91. The lowest BCUT2D eigenvalue weighted by molar-refractivity contribution is -0.115. The summed E-state index contributed by atoms with van der Waals surface area (Å²) >= 11 is 2.90. The van der Waals surface area contributed by atoms with Crippen molar-refractivity contribution >= 4 is 38.8 Å². The minimum absolute atomic E-state index is 0.155. The van der Waals surface area contributed by atoms with Crippen LogP contribution in [0.5, 0.6) is 0 Å². The summed E-state index contributed by atoms with van der Waals surface area (Å²) in [5.41, 5.74) is 1.59. The molecule has 0 aromatic carbocycles. The Kier molecular flexibility index (Phi) is 6.87. The zero-order valence-electron chi connectivity index (χ0n) is 18.1. The number of aromatic nitrogens is 8. The van der Waals surface area contributed by atoms with Crippen molar-refractivity contribution in [3.05, 3.63) is 46.5 Å². The summed E-state index contributed by atoms with van der Waals surface area (Å²) in [6.45, 7) is 0. The van der Waals surface area contributed by atoms with Gasteiger partial charge < -0.3 is 25.7 Å². The molecule has 5 N–H and O–H groups in total. The molecule has 0 bridgehead atoms. The first-order valence-electron chi connectivity index (χ1n) is 11.0. The first kappa shape index (κ1) is 22.6. The molecule has 12 nitrogen and oxygen atoms in total. The molecule has 4 heterocycles. The van der Waals surface area contributed by atoms with E-state index in [2.05, 4.69) is 51.0 Å². The summed E-state index contributed by atoms with van der Waals surface area (Å²) in [5, 5.41) is 36.2. The second-order valence-corrected chi connectivity index (χ2v) is 10.2. The maximum absolute atomic E-state index is 12.2. The molecule has 0 aliphatic heterocycles. The molecular weight excluding hydrogens is 476 g/mol. The molecule has 1 amide bonds. The Morgan fingerprint density at radius 2 is 1.65 bits per heavy atom. The second kappa shape index (κ2) is 10.4. The summed E-state index contributed by atoms with van der Waals surface area (Å²) in [7, 11) is 0. The van der Waals surface area contributed by atoms with Gasteiger partial charge in [0.2, 0.25) is 16.2 Å². The van der Waals surface area contributed by atoms with Crippen LogP contribution in [0.15, 0.2) is 25.0 Å². The van der Waals surface area contributed by atoms with Gasteiger partial charge in [-0.15, -0.1) is 20.4 Å². The molecule has 1 aliphatic carbocycles. The van der Waals surface area contributed by atoms with E-state index in [1.54, 1.807) is 25.0 Å². The second-order valence-electron chi connectivity index (χ2n) is 8.19. The third kappa shape index (κ3) is 5.63. The SMILES string of the molecule is O=C(Cc1cnc[nH]1)Nc1nnc(C2CCCC(c3nnc(NC(O)Cc4cnc[nH]4)s3)C2)s1. The molecule has 1 saturated carbocycles. The summed E-state index contributed by atoms with van der Waals surface area (Å²) in [4.78, 5) is 26.0. The number of nitrogens with one attached hydrogen (secondary N) is 4. The Balaban J connectivity index is 1.16. The predicted molar refractivity (Wildman–Crippen MR) is 127 cm³/mol. The Bertz CT molecular complexity index is 1190. The van der Waals surface area contributed by atoms with Crippen LogP contribution in [0, 0.1) is 0 Å². The van der Waals surface area contributed by atoms with Gasteiger partial charge >= 0.3 is 0 Å². The van der Waals surface area contributed by atoms with Gasteiger partial charge in [0.1, 0.15) is 16.2 Å². The number of amides is 1. The van der Waals surface area contributed by atoms with Gasteiger partial charge in [0, 0.05) is 42.0 Å². The molecule has 4 aromatic heterocycles. The number of nitrogens with zero attached hydrogens (tertiary/aromatic N) is 6. The van der Waals surface area contributed by atoms with E-state index in [0.29, 0.717) is 16.7 Å². The van der Waals surface area contributed by atoms with Crippen LogP contribution < -0.4 is 10.6 Å². The number of H-pyrrole nitrogens is 2. The van der Waals surface area contributed by atoms with E-state index >= 15 is 0 Å². The molecule has 1 fully saturated rings. The number of hydrogen-bond donors (Lipinski definition) is 5. The van der Waals surface area contributed by atoms with Crippen molar-refractivity contribution in [2.45, 2.75) is 56.6 Å². The number of imidazole rings is 2. The van der Waals surface area contributed by atoms with Crippen LogP contribution in [0.1, 0.15) is 58.9 Å². The fraction of sp³-hybridized carbons (Fsp3) is 0.450. The Morgan fingerprint density at radius 3 is 2.32 bits per heavy atom. The van der Waals surface area contributed by atoms with Crippen LogP contribution in [-0.2, 0) is 17.6 Å². The molecule has 5 rings (SSSR count). The van der Waals surface area contributed by atoms with Crippen molar-refractivity contribution in [1.29, 1.82) is 0 Å². The van der Waals surface area contributed by atoms with E-state index in [1.165, 1.54) is 22.7 Å². The predicted octanol–water partition coefficient (Wildman–Crippen LogP) is 2.43. The lowest BCUT2D eigenvalue weighted by Gasteiger charge is -2.25. The van der Waals surface area contributed by atoms with Crippen LogP contribution in [0.2, 0.25) is 0 Å². The smallest absolute Gasteiger partial charge is 0.232 e. The van der Waals surface area contributed by atoms with Gasteiger partial charge in [0.05, 0.1) is 19.1 Å². The third-order valence-corrected chi connectivity index (χ3v) is 7.68. The zero-order chi connectivity index (χ0) is 23.3. The van der Waals surface area contributed by atoms with E-state index in [9.17, 15) is 9.90 Å². The van der Waals surface area contributed by atoms with Gasteiger partial charge in [-0.2, -0.15) is 0 Å². The van der Waals surface area contributed by atoms with Crippen molar-refractivity contribution in [3.8, 4) is 0 Å². The molecule has 0 saturated heterocycles. The molecule has 14 heteroatoms. The van der Waals surface area contributed by atoms with Gasteiger partial charge in [0.25, 0.3) is 0 Å². The monoisotopic (exact) mass is 500 g/mol. The summed E-state index contributed by atoms with van der Waals surface area (Å²) in [5.74, 6) is 0.386. The van der Waals surface area contributed by atoms with Crippen LogP contribution in [-0.4, -0.2) is 57.6 Å². The highest BCUT2D eigenvalue weighted by atomic mass is 32.1. The molecule has 34 heavy (non-hydrogen) atoms. The van der Waals surface area contributed by atoms with Crippen molar-refractivity contribution in [1.82, 2.24) is 40.3 Å². The number of aliphatic hydroxyl groups excluding tert-OH is 1. The van der Waals surface area contributed by atoms with Gasteiger partial charge in [-0.05, 0) is 19.3 Å². The quantitative estimate of drug-likeness (QED) is 0.217. The maximum Gasteiger partial charge on any atom is 0.232 e. The molecule has 0 radical (unpaired) electrons. The zero-order valence-corrected chi connectivity index (χ0v) is 19.8. The lowest BCUT2D eigenvalue weighted by atomic mass is 9.82. The maximum atomic E-state index is 12.2. The topological polar surface area (TPSA) is 170 Å². The summed E-state index contributed by atoms with van der Waals surface area (Å²) < 4.78 is 0. The van der Waals surface area contributed by atoms with Crippen molar-refractivity contribution in [2.24, 2.45) is 0 Å². The molecular formula is C20H24N10O2S2. The highest BCUT2D eigenvalue weighted by Gasteiger charge is 2.29. The minimum atomic E-state index is -0.774. The molecule has 178 valence electrons. The lowest BCUT2D eigenvalue weighted by Crippen LogP contribution is -2.21. The van der Waals surface area contributed by atoms with Crippen LogP contribution >= 0.6 is 22.7 Å². The molecule has 3 atom stereocenters. The molecule has 3 unspecified atom stereocenters. The van der Waals surface area contributed by atoms with Crippen molar-refractivity contribution in [2.75, 3.05) is 10.6 Å². The average Bonchev–Trinajstić information content (AvgIpc) is 3.63. The van der Waals surface area contributed by atoms with Gasteiger partial charge in [0.15, 0.2) is 0 Å². The van der Waals surface area contributed by atoms with E-state index < -0.39 is 6.23 Å². The Hall–Kier alpha value is -3.23. The largest absolute Gasteiger partial charge is 0.373 e. The summed E-state index contributed by atoms with van der Waals surface area (Å²) in [6.07, 6.45) is 10.3. The Morgan fingerprint density at radius 1 is 1.00 bits per heavy atom. The number of carbonyl (C=O) groups is 1. The number of anilines is 2. The first-order valence-corrected chi connectivity index (χ1v) is 12.6. The number of carbonyl (C=O) groups excluding carboxylic acids is 1. The highest BCUT2D eigenvalue weighted by Crippen LogP contribution is 2.43. The van der Waals surface area contributed by atoms with E-state index in [4.69, 9.17) is 0 Å². The number of aromatic amines is 2. The van der Waals surface area contributed by atoms with Crippen molar-refractivity contribution in [3.63, 3.8) is 0 Å². The minimum Gasteiger partial charge on any atom is -0.373 e. The number of rotatable bonds is 9. The van der Waals surface area contributed by atoms with E-state index in [0.717, 1.165) is 47.1 Å². The van der Waals surface area contributed by atoms with Crippen LogP contribution in [0.3, 0.4) is 0 Å². The van der Waals surface area contributed by atoms with Crippen molar-refractivity contribution < 1.29 is 9.90 Å². The van der Waals surface area contributed by atoms with Crippen LogP contribution in [0.25, 0.3) is 0 Å². The molecule has 4 aromatic rings. The standard InChI is InChI=1S/C20H24N10O2S2/c31-15(5-13-7-21-9-23-13)25-19-29-27-17(33-19)11-2-1-3-12(4-11)18-28-30-20(34-18)26-16(32)6-14-8-22-10-24-14/h7-12,15,31H,1-6H2,(H,21,23)(H,22,24)(H,25,29)(H,26,30,32). The van der Waals surface area contributed by atoms with Gasteiger partial charge in [-0.25, -0.2) is 9.97 Å². The average molecular weight is 501 g/mol. The van der Waals surface area contributed by atoms with Crippen LogP contribution in [0.4, 0.5) is 10.3 Å². The summed E-state index contributed by atoms with van der Waals surface area (Å²) in [6, 6.07) is 0. The number of hydrogen-bond acceptors (Lipinski definition) is 11.